The van der Waals surface area contributed by atoms with Gasteiger partial charge < -0.3 is 8.83 Å². The number of hydrogen-bond acceptors (Lipinski definition) is 2. The van der Waals surface area contributed by atoms with Crippen molar-refractivity contribution in [2.24, 2.45) is 0 Å². The van der Waals surface area contributed by atoms with Crippen LogP contribution < -0.4 is 5.46 Å². The van der Waals surface area contributed by atoms with Crippen molar-refractivity contribution in [3.63, 3.8) is 0 Å². The van der Waals surface area contributed by atoms with Gasteiger partial charge in [-0.15, -0.1) is 0 Å². The molecule has 0 atom stereocenters. The number of benzene rings is 4. The van der Waals surface area contributed by atoms with E-state index in [2.05, 4.69) is 48.5 Å². The SMILES string of the molecule is [B]c1ccc2oc3cc4c(cc3c2c1)oc1ccc(-c2ccccc2)cc14. The van der Waals surface area contributed by atoms with Gasteiger partial charge in [-0.25, -0.2) is 0 Å². The first-order valence-corrected chi connectivity index (χ1v) is 8.90. The first-order chi connectivity index (χ1) is 13.3. The molecule has 0 aliphatic heterocycles. The Hall–Kier alpha value is -3.46. The molecule has 0 aliphatic carbocycles. The molecule has 27 heavy (non-hydrogen) atoms. The summed E-state index contributed by atoms with van der Waals surface area (Å²) in [5, 5.41) is 4.18. The fourth-order valence-electron chi connectivity index (χ4n) is 3.87. The summed E-state index contributed by atoms with van der Waals surface area (Å²) < 4.78 is 12.2. The van der Waals surface area contributed by atoms with E-state index in [0.717, 1.165) is 49.3 Å². The monoisotopic (exact) mass is 344 g/mol. The van der Waals surface area contributed by atoms with Gasteiger partial charge >= 0.3 is 0 Å². The molecular formula is C24H13BO2. The Balaban J connectivity index is 1.67. The highest BCUT2D eigenvalue weighted by atomic mass is 16.3. The van der Waals surface area contributed by atoms with E-state index < -0.39 is 0 Å². The first-order valence-electron chi connectivity index (χ1n) is 8.90. The van der Waals surface area contributed by atoms with E-state index in [1.54, 1.807) is 0 Å². The molecule has 2 heterocycles. The molecule has 0 unspecified atom stereocenters. The van der Waals surface area contributed by atoms with Gasteiger partial charge in [0.2, 0.25) is 0 Å². The van der Waals surface area contributed by atoms with E-state index >= 15 is 0 Å². The second-order valence-electron chi connectivity index (χ2n) is 6.88. The van der Waals surface area contributed by atoms with Gasteiger partial charge in [-0.05, 0) is 41.5 Å². The molecule has 4 aromatic carbocycles. The molecule has 0 amide bonds. The summed E-state index contributed by atoms with van der Waals surface area (Å²) >= 11 is 0. The van der Waals surface area contributed by atoms with Crippen LogP contribution in [-0.2, 0) is 0 Å². The zero-order valence-electron chi connectivity index (χ0n) is 14.4. The Labute approximate surface area is 156 Å². The highest BCUT2D eigenvalue weighted by molar-refractivity contribution is 6.33. The van der Waals surface area contributed by atoms with Gasteiger partial charge in [0.15, 0.2) is 0 Å². The van der Waals surface area contributed by atoms with E-state index in [9.17, 15) is 0 Å². The summed E-state index contributed by atoms with van der Waals surface area (Å²) in [7, 11) is 5.95. The fraction of sp³-hybridized carbons (Fsp3) is 0. The van der Waals surface area contributed by atoms with Crippen molar-refractivity contribution in [2.75, 3.05) is 0 Å². The van der Waals surface area contributed by atoms with E-state index in [1.807, 2.05) is 30.3 Å². The maximum atomic E-state index is 6.13. The lowest BCUT2D eigenvalue weighted by Gasteiger charge is -2.01. The average molecular weight is 344 g/mol. The summed E-state index contributed by atoms with van der Waals surface area (Å²) in [5.41, 5.74) is 6.49. The minimum atomic E-state index is 0.724. The highest BCUT2D eigenvalue weighted by Gasteiger charge is 2.14. The van der Waals surface area contributed by atoms with Crippen molar-refractivity contribution < 1.29 is 8.83 Å². The van der Waals surface area contributed by atoms with E-state index in [-0.39, 0.29) is 0 Å². The van der Waals surface area contributed by atoms with Crippen LogP contribution in [-0.4, -0.2) is 7.85 Å². The zero-order valence-corrected chi connectivity index (χ0v) is 14.4. The molecule has 2 aromatic heterocycles. The lowest BCUT2D eigenvalue weighted by Crippen LogP contribution is -1.98. The number of rotatable bonds is 1. The van der Waals surface area contributed by atoms with Gasteiger partial charge in [0.05, 0.1) is 0 Å². The summed E-state index contributed by atoms with van der Waals surface area (Å²) in [4.78, 5) is 0. The van der Waals surface area contributed by atoms with Crippen LogP contribution in [0.5, 0.6) is 0 Å². The van der Waals surface area contributed by atoms with Crippen molar-refractivity contribution in [2.45, 2.75) is 0 Å². The van der Waals surface area contributed by atoms with Crippen LogP contribution in [0.2, 0.25) is 0 Å². The van der Waals surface area contributed by atoms with Crippen molar-refractivity contribution in [1.29, 1.82) is 0 Å². The topological polar surface area (TPSA) is 26.3 Å². The molecule has 2 radical (unpaired) electrons. The Morgan fingerprint density at radius 2 is 1.07 bits per heavy atom. The van der Waals surface area contributed by atoms with Gasteiger partial charge in [0.1, 0.15) is 30.2 Å². The molecule has 3 heteroatoms. The predicted octanol–water partition coefficient (Wildman–Crippen LogP) is 5.95. The molecule has 0 bridgehead atoms. The fourth-order valence-corrected chi connectivity index (χ4v) is 3.87. The molecule has 0 saturated carbocycles. The predicted molar refractivity (Wildman–Crippen MR) is 112 cm³/mol. The van der Waals surface area contributed by atoms with Crippen LogP contribution in [0.15, 0.2) is 87.7 Å². The molecular weight excluding hydrogens is 331 g/mol. The Morgan fingerprint density at radius 1 is 0.481 bits per heavy atom. The van der Waals surface area contributed by atoms with Gasteiger partial charge in [0.25, 0.3) is 0 Å². The minimum Gasteiger partial charge on any atom is -0.456 e. The normalized spacial score (nSPS) is 11.9. The molecule has 0 aliphatic rings. The quantitative estimate of drug-likeness (QED) is 0.345. The Bertz CT molecular complexity index is 1470. The van der Waals surface area contributed by atoms with Crippen LogP contribution in [0.4, 0.5) is 0 Å². The maximum absolute atomic E-state index is 6.13. The van der Waals surface area contributed by atoms with Crippen LogP contribution in [0.1, 0.15) is 0 Å². The molecule has 0 fully saturated rings. The second kappa shape index (κ2) is 5.27. The minimum absolute atomic E-state index is 0.724. The third-order valence-electron chi connectivity index (χ3n) is 5.19. The van der Waals surface area contributed by atoms with E-state index in [4.69, 9.17) is 16.7 Å². The van der Waals surface area contributed by atoms with Gasteiger partial charge in [0, 0.05) is 21.5 Å². The Kier molecular flexibility index (Phi) is 2.87. The molecule has 6 rings (SSSR count). The van der Waals surface area contributed by atoms with E-state index in [1.165, 1.54) is 11.1 Å². The van der Waals surface area contributed by atoms with Crippen molar-refractivity contribution in [3.05, 3.63) is 78.9 Å². The van der Waals surface area contributed by atoms with Gasteiger partial charge in [-0.3, -0.25) is 0 Å². The lowest BCUT2D eigenvalue weighted by molar-refractivity contribution is 0.664. The zero-order chi connectivity index (χ0) is 18.0. The molecule has 124 valence electrons. The standard InChI is InChI=1S/C24H13BO2/c25-16-7-9-22-18(11-16)20-13-23-19(12-24(20)27-22)17-10-15(6-8-21(17)26-23)14-4-2-1-3-5-14/h1-13H. The van der Waals surface area contributed by atoms with Crippen LogP contribution >= 0.6 is 0 Å². The van der Waals surface area contributed by atoms with Gasteiger partial charge in [-0.2, -0.15) is 0 Å². The average Bonchev–Trinajstić information content (AvgIpc) is 3.23. The smallest absolute Gasteiger partial charge is 0.136 e. The second-order valence-corrected chi connectivity index (χ2v) is 6.88. The summed E-state index contributed by atoms with van der Waals surface area (Å²) in [6.45, 7) is 0. The van der Waals surface area contributed by atoms with Crippen LogP contribution in [0, 0.1) is 0 Å². The molecule has 0 N–H and O–H groups in total. The lowest BCUT2D eigenvalue weighted by atomic mass is 9.94. The highest BCUT2D eigenvalue weighted by Crippen LogP contribution is 2.37. The summed E-state index contributed by atoms with van der Waals surface area (Å²) in [6.07, 6.45) is 0. The van der Waals surface area contributed by atoms with Gasteiger partial charge in [-0.1, -0.05) is 54.0 Å². The third kappa shape index (κ3) is 2.15. The molecule has 0 spiro atoms. The van der Waals surface area contributed by atoms with Crippen LogP contribution in [0.25, 0.3) is 55.0 Å². The van der Waals surface area contributed by atoms with E-state index in [0.29, 0.717) is 0 Å². The number of hydrogen-bond donors (Lipinski definition) is 0. The summed E-state index contributed by atoms with van der Waals surface area (Å²) in [6, 6.07) is 26.5. The third-order valence-corrected chi connectivity index (χ3v) is 5.19. The number of fused-ring (bicyclic) bond motifs is 6. The first kappa shape index (κ1) is 14.7. The number of furan rings is 2. The maximum Gasteiger partial charge on any atom is 0.136 e. The Morgan fingerprint density at radius 3 is 1.78 bits per heavy atom. The summed E-state index contributed by atoms with van der Waals surface area (Å²) in [5.74, 6) is 0. The molecule has 0 saturated heterocycles. The largest absolute Gasteiger partial charge is 0.456 e. The molecule has 2 nitrogen and oxygen atoms in total. The van der Waals surface area contributed by atoms with Crippen molar-refractivity contribution in [3.8, 4) is 11.1 Å². The van der Waals surface area contributed by atoms with Crippen molar-refractivity contribution >= 4 is 57.2 Å². The van der Waals surface area contributed by atoms with Crippen molar-refractivity contribution in [1.82, 2.24) is 0 Å². The van der Waals surface area contributed by atoms with Crippen LogP contribution in [0.3, 0.4) is 0 Å². The molecule has 6 aromatic rings.